The molecule has 0 unspecified atom stereocenters. The second kappa shape index (κ2) is 7.88. The van der Waals surface area contributed by atoms with Crippen molar-refractivity contribution < 1.29 is 19.8 Å². The lowest BCUT2D eigenvalue weighted by molar-refractivity contribution is -0.146. The molecule has 0 saturated carbocycles. The van der Waals surface area contributed by atoms with E-state index in [2.05, 4.69) is 15.5 Å². The molecule has 7 nitrogen and oxygen atoms in total. The number of carbonyl (C=O) groups excluding carboxylic acids is 1. The molecule has 7 heteroatoms. The Bertz CT molecular complexity index is 279. The molecule has 0 aromatic heterocycles. The van der Waals surface area contributed by atoms with Gasteiger partial charge in [0, 0.05) is 26.1 Å². The third-order valence-electron chi connectivity index (χ3n) is 2.90. The van der Waals surface area contributed by atoms with Gasteiger partial charge in [0.25, 0.3) is 0 Å². The smallest absolute Gasteiger partial charge is 0.332 e. The molecule has 4 N–H and O–H groups in total. The zero-order valence-corrected chi connectivity index (χ0v) is 10.4. The van der Waals surface area contributed by atoms with Crippen molar-refractivity contribution in [1.29, 1.82) is 0 Å². The average molecular weight is 259 g/mol. The van der Waals surface area contributed by atoms with Crippen molar-refractivity contribution in [3.63, 3.8) is 0 Å². The van der Waals surface area contributed by atoms with Crippen molar-refractivity contribution in [3.8, 4) is 0 Å². The van der Waals surface area contributed by atoms with Gasteiger partial charge >= 0.3 is 12.0 Å². The fourth-order valence-electron chi connectivity index (χ4n) is 1.84. The fourth-order valence-corrected chi connectivity index (χ4v) is 1.84. The van der Waals surface area contributed by atoms with E-state index in [-0.39, 0.29) is 19.0 Å². The number of hydrogen-bond acceptors (Lipinski definition) is 4. The molecule has 18 heavy (non-hydrogen) atoms. The third-order valence-corrected chi connectivity index (χ3v) is 2.90. The van der Waals surface area contributed by atoms with Gasteiger partial charge in [-0.25, -0.2) is 9.59 Å². The van der Waals surface area contributed by atoms with Gasteiger partial charge in [-0.05, 0) is 25.9 Å². The Kier molecular flexibility index (Phi) is 6.45. The summed E-state index contributed by atoms with van der Waals surface area (Å²) in [6.45, 7) is 3.74. The Labute approximate surface area is 106 Å². The van der Waals surface area contributed by atoms with Crippen LogP contribution in [0.1, 0.15) is 19.3 Å². The van der Waals surface area contributed by atoms with Crippen molar-refractivity contribution in [1.82, 2.24) is 15.5 Å². The molecule has 2 amide bonds. The SMILES string of the molecule is O=C(NCC[C@H](O)C(=O)O)NCCN1CCCC1. The second-order valence-corrected chi connectivity index (χ2v) is 4.37. The molecule has 0 aromatic rings. The molecule has 0 radical (unpaired) electrons. The summed E-state index contributed by atoms with van der Waals surface area (Å²) in [6.07, 6.45) is 1.03. The van der Waals surface area contributed by atoms with Crippen LogP contribution in [0.4, 0.5) is 4.79 Å². The molecule has 1 heterocycles. The molecule has 0 bridgehead atoms. The first-order valence-corrected chi connectivity index (χ1v) is 6.24. The number of likely N-dealkylation sites (tertiary alicyclic amines) is 1. The van der Waals surface area contributed by atoms with Gasteiger partial charge in [0.1, 0.15) is 0 Å². The van der Waals surface area contributed by atoms with E-state index < -0.39 is 12.1 Å². The van der Waals surface area contributed by atoms with Crippen LogP contribution in [-0.4, -0.2) is 65.9 Å². The minimum absolute atomic E-state index is 0.00881. The Balaban J connectivity index is 1.98. The van der Waals surface area contributed by atoms with Gasteiger partial charge in [0.15, 0.2) is 6.10 Å². The van der Waals surface area contributed by atoms with Crippen LogP contribution in [0.2, 0.25) is 0 Å². The first-order valence-electron chi connectivity index (χ1n) is 6.24. The Morgan fingerprint density at radius 3 is 2.39 bits per heavy atom. The summed E-state index contributed by atoms with van der Waals surface area (Å²) in [4.78, 5) is 23.9. The molecule has 0 spiro atoms. The number of urea groups is 1. The number of amides is 2. The van der Waals surface area contributed by atoms with Gasteiger partial charge in [-0.15, -0.1) is 0 Å². The van der Waals surface area contributed by atoms with Crippen molar-refractivity contribution in [2.75, 3.05) is 32.7 Å². The monoisotopic (exact) mass is 259 g/mol. The largest absolute Gasteiger partial charge is 0.479 e. The van der Waals surface area contributed by atoms with E-state index in [0.29, 0.717) is 6.54 Å². The van der Waals surface area contributed by atoms with Crippen molar-refractivity contribution in [3.05, 3.63) is 0 Å². The number of carbonyl (C=O) groups is 2. The number of nitrogens with zero attached hydrogens (tertiary/aromatic N) is 1. The Hall–Kier alpha value is -1.34. The molecule has 1 atom stereocenters. The second-order valence-electron chi connectivity index (χ2n) is 4.37. The van der Waals surface area contributed by atoms with E-state index >= 15 is 0 Å². The molecule has 1 aliphatic rings. The maximum absolute atomic E-state index is 11.3. The number of rotatable bonds is 7. The van der Waals surface area contributed by atoms with Gasteiger partial charge in [0.05, 0.1) is 0 Å². The highest BCUT2D eigenvalue weighted by atomic mass is 16.4. The van der Waals surface area contributed by atoms with Crippen LogP contribution in [0.3, 0.4) is 0 Å². The van der Waals surface area contributed by atoms with Gasteiger partial charge in [0.2, 0.25) is 0 Å². The van der Waals surface area contributed by atoms with Crippen molar-refractivity contribution in [2.45, 2.75) is 25.4 Å². The zero-order chi connectivity index (χ0) is 13.4. The number of hydrogen-bond donors (Lipinski definition) is 4. The number of carboxylic acids is 1. The summed E-state index contributed by atoms with van der Waals surface area (Å²) in [5.74, 6) is -1.27. The predicted molar refractivity (Wildman–Crippen MR) is 65.3 cm³/mol. The van der Waals surface area contributed by atoms with E-state index in [0.717, 1.165) is 19.6 Å². The quantitative estimate of drug-likeness (QED) is 0.480. The van der Waals surface area contributed by atoms with Crippen LogP contribution in [0.25, 0.3) is 0 Å². The maximum Gasteiger partial charge on any atom is 0.332 e. The lowest BCUT2D eigenvalue weighted by Gasteiger charge is -2.15. The van der Waals surface area contributed by atoms with Crippen LogP contribution in [0.5, 0.6) is 0 Å². The Morgan fingerprint density at radius 1 is 1.17 bits per heavy atom. The summed E-state index contributed by atoms with van der Waals surface area (Å²) in [5, 5.41) is 22.6. The molecular weight excluding hydrogens is 238 g/mol. The van der Waals surface area contributed by atoms with Crippen LogP contribution in [0.15, 0.2) is 0 Å². The summed E-state index contributed by atoms with van der Waals surface area (Å²) >= 11 is 0. The number of aliphatic hydroxyl groups is 1. The number of aliphatic carboxylic acids is 1. The zero-order valence-electron chi connectivity index (χ0n) is 10.4. The molecule has 1 aliphatic heterocycles. The topological polar surface area (TPSA) is 102 Å². The van der Waals surface area contributed by atoms with Crippen molar-refractivity contribution >= 4 is 12.0 Å². The predicted octanol–water partition coefficient (Wildman–Crippen LogP) is -0.783. The third kappa shape index (κ3) is 5.83. The lowest BCUT2D eigenvalue weighted by Crippen LogP contribution is -2.41. The maximum atomic E-state index is 11.3. The first-order chi connectivity index (χ1) is 8.59. The highest BCUT2D eigenvalue weighted by molar-refractivity contribution is 5.74. The van der Waals surface area contributed by atoms with E-state index in [1.807, 2.05) is 0 Å². The van der Waals surface area contributed by atoms with Gasteiger partial charge in [-0.1, -0.05) is 0 Å². The molecule has 1 fully saturated rings. The van der Waals surface area contributed by atoms with E-state index in [1.54, 1.807) is 0 Å². The highest BCUT2D eigenvalue weighted by Gasteiger charge is 2.13. The molecular formula is C11H21N3O4. The van der Waals surface area contributed by atoms with Crippen LogP contribution in [0, 0.1) is 0 Å². The summed E-state index contributed by atoms with van der Waals surface area (Å²) in [7, 11) is 0. The first kappa shape index (κ1) is 14.7. The van der Waals surface area contributed by atoms with E-state index in [1.165, 1.54) is 12.8 Å². The normalized spacial score (nSPS) is 17.4. The standard InChI is InChI=1S/C11H21N3O4/c15-9(10(16)17)3-4-12-11(18)13-5-8-14-6-1-2-7-14/h9,15H,1-8H2,(H,16,17)(H2,12,13,18)/t9-/m0/s1. The van der Waals surface area contributed by atoms with Crippen LogP contribution < -0.4 is 10.6 Å². The fraction of sp³-hybridized carbons (Fsp3) is 0.818. The van der Waals surface area contributed by atoms with Crippen molar-refractivity contribution in [2.24, 2.45) is 0 Å². The van der Waals surface area contributed by atoms with Crippen LogP contribution >= 0.6 is 0 Å². The average Bonchev–Trinajstić information content (AvgIpc) is 2.81. The van der Waals surface area contributed by atoms with Gasteiger partial charge < -0.3 is 25.7 Å². The lowest BCUT2D eigenvalue weighted by atomic mass is 10.2. The summed E-state index contributed by atoms with van der Waals surface area (Å²) in [5.41, 5.74) is 0. The molecule has 1 saturated heterocycles. The molecule has 0 aliphatic carbocycles. The summed E-state index contributed by atoms with van der Waals surface area (Å²) < 4.78 is 0. The molecule has 0 aromatic carbocycles. The minimum Gasteiger partial charge on any atom is -0.479 e. The molecule has 104 valence electrons. The molecule has 1 rings (SSSR count). The van der Waals surface area contributed by atoms with Gasteiger partial charge in [-0.3, -0.25) is 0 Å². The van der Waals surface area contributed by atoms with Gasteiger partial charge in [-0.2, -0.15) is 0 Å². The van der Waals surface area contributed by atoms with Crippen LogP contribution in [-0.2, 0) is 4.79 Å². The summed E-state index contributed by atoms with van der Waals surface area (Å²) in [6, 6.07) is -0.327. The number of nitrogens with one attached hydrogen (secondary N) is 2. The minimum atomic E-state index is -1.42. The van der Waals surface area contributed by atoms with E-state index in [4.69, 9.17) is 10.2 Å². The number of aliphatic hydroxyl groups excluding tert-OH is 1. The van der Waals surface area contributed by atoms with E-state index in [9.17, 15) is 9.59 Å². The Morgan fingerprint density at radius 2 is 1.78 bits per heavy atom. The number of carboxylic acid groups (broad SMARTS) is 1. The highest BCUT2D eigenvalue weighted by Crippen LogP contribution is 2.05.